The highest BCUT2D eigenvalue weighted by atomic mass is 32.1. The van der Waals surface area contributed by atoms with Crippen LogP contribution in [-0.4, -0.2) is 28.1 Å². The number of hydrogen-bond acceptors (Lipinski definition) is 3. The Morgan fingerprint density at radius 2 is 2.33 bits per heavy atom. The Labute approximate surface area is 80.5 Å². The van der Waals surface area contributed by atoms with Gasteiger partial charge in [0.05, 0.1) is 5.60 Å². The monoisotopic (exact) mass is 189 g/mol. The normalized spacial score (nSPS) is 38.5. The summed E-state index contributed by atoms with van der Waals surface area (Å²) in [6, 6.07) is 0. The first-order valence-electron chi connectivity index (χ1n) is 4.72. The first-order valence-corrected chi connectivity index (χ1v) is 5.12. The van der Waals surface area contributed by atoms with E-state index in [1.807, 2.05) is 11.2 Å². The molecule has 0 saturated carbocycles. The largest absolute Gasteiger partial charge is 0.389 e. The molecule has 1 heterocycles. The van der Waals surface area contributed by atoms with Gasteiger partial charge in [-0.25, -0.2) is 0 Å². The Balaban J connectivity index is 2.51. The zero-order chi connectivity index (χ0) is 9.19. The number of β-amino-alcohol motifs (C(OH)–C–C–N with tert-alkyl or cyclic N) is 1. The maximum Gasteiger partial charge on any atom is 0.0783 e. The van der Waals surface area contributed by atoms with E-state index in [2.05, 4.69) is 19.7 Å². The lowest BCUT2D eigenvalue weighted by atomic mass is 9.81. The van der Waals surface area contributed by atoms with Crippen molar-refractivity contribution in [3.63, 3.8) is 0 Å². The third-order valence-corrected chi connectivity index (χ3v) is 3.10. The van der Waals surface area contributed by atoms with Crippen LogP contribution < -0.4 is 0 Å². The number of thiol groups is 1. The molecule has 1 aliphatic rings. The van der Waals surface area contributed by atoms with E-state index < -0.39 is 5.60 Å². The van der Waals surface area contributed by atoms with Gasteiger partial charge in [0.2, 0.25) is 0 Å². The summed E-state index contributed by atoms with van der Waals surface area (Å²) in [5.41, 5.74) is -0.532. The van der Waals surface area contributed by atoms with E-state index in [9.17, 15) is 5.11 Å². The van der Waals surface area contributed by atoms with Crippen molar-refractivity contribution >= 4 is 12.8 Å². The third-order valence-electron chi connectivity index (χ3n) is 2.75. The van der Waals surface area contributed by atoms with E-state index in [1.165, 1.54) is 0 Å². The van der Waals surface area contributed by atoms with Gasteiger partial charge in [-0.15, -0.1) is 0 Å². The van der Waals surface area contributed by atoms with Gasteiger partial charge in [-0.2, -0.15) is 0 Å². The fourth-order valence-corrected chi connectivity index (χ4v) is 2.40. The van der Waals surface area contributed by atoms with Gasteiger partial charge in [-0.3, -0.25) is 4.31 Å². The van der Waals surface area contributed by atoms with Gasteiger partial charge in [0.1, 0.15) is 0 Å². The molecule has 2 unspecified atom stereocenters. The second-order valence-corrected chi connectivity index (χ2v) is 4.59. The molecular weight excluding hydrogens is 170 g/mol. The van der Waals surface area contributed by atoms with Gasteiger partial charge >= 0.3 is 0 Å². The molecule has 72 valence electrons. The van der Waals surface area contributed by atoms with Crippen molar-refractivity contribution < 1.29 is 5.11 Å². The predicted octanol–water partition coefficient (Wildman–Crippen LogP) is 1.70. The highest BCUT2D eigenvalue weighted by Crippen LogP contribution is 2.31. The Morgan fingerprint density at radius 3 is 2.83 bits per heavy atom. The van der Waals surface area contributed by atoms with Crippen LogP contribution >= 0.6 is 12.8 Å². The molecule has 2 atom stereocenters. The highest BCUT2D eigenvalue weighted by molar-refractivity contribution is 7.77. The van der Waals surface area contributed by atoms with Crippen LogP contribution in [0, 0.1) is 5.92 Å². The van der Waals surface area contributed by atoms with Crippen molar-refractivity contribution in [2.24, 2.45) is 5.92 Å². The van der Waals surface area contributed by atoms with Crippen LogP contribution in [0.15, 0.2) is 0 Å². The molecule has 0 aromatic carbocycles. The fourth-order valence-electron chi connectivity index (χ4n) is 2.00. The van der Waals surface area contributed by atoms with E-state index >= 15 is 0 Å². The molecule has 12 heavy (non-hydrogen) atoms. The molecule has 0 spiro atoms. The third kappa shape index (κ3) is 2.38. The summed E-state index contributed by atoms with van der Waals surface area (Å²) in [6.07, 6.45) is 3.37. The molecule has 1 rings (SSSR count). The van der Waals surface area contributed by atoms with E-state index in [4.69, 9.17) is 0 Å². The number of rotatable bonds is 2. The van der Waals surface area contributed by atoms with Gasteiger partial charge in [0.15, 0.2) is 0 Å². The van der Waals surface area contributed by atoms with Crippen LogP contribution in [0.3, 0.4) is 0 Å². The standard InChI is InChI=1S/C9H19NOS/c1-3-4-8-5-6-10(12)7-9(8,2)11/h8,11-12H,3-7H2,1-2H3. The van der Waals surface area contributed by atoms with Crippen molar-refractivity contribution in [2.45, 2.75) is 38.7 Å². The summed E-state index contributed by atoms with van der Waals surface area (Å²) in [5.74, 6) is 0.464. The number of aliphatic hydroxyl groups is 1. The van der Waals surface area contributed by atoms with E-state index in [0.29, 0.717) is 12.5 Å². The lowest BCUT2D eigenvalue weighted by molar-refractivity contribution is -0.0428. The van der Waals surface area contributed by atoms with Crippen LogP contribution in [0.1, 0.15) is 33.1 Å². The highest BCUT2D eigenvalue weighted by Gasteiger charge is 2.36. The molecule has 0 bridgehead atoms. The maximum absolute atomic E-state index is 10.0. The van der Waals surface area contributed by atoms with Crippen molar-refractivity contribution in [1.29, 1.82) is 0 Å². The number of nitrogens with zero attached hydrogens (tertiary/aromatic N) is 1. The van der Waals surface area contributed by atoms with Gasteiger partial charge in [-0.1, -0.05) is 26.2 Å². The number of piperidine rings is 1. The van der Waals surface area contributed by atoms with Crippen molar-refractivity contribution in [1.82, 2.24) is 4.31 Å². The van der Waals surface area contributed by atoms with Crippen LogP contribution in [-0.2, 0) is 0 Å². The van der Waals surface area contributed by atoms with Gasteiger partial charge in [0.25, 0.3) is 0 Å². The average molecular weight is 189 g/mol. The lowest BCUT2D eigenvalue weighted by Gasteiger charge is -2.40. The SMILES string of the molecule is CCCC1CCN(S)CC1(C)O. The summed E-state index contributed by atoms with van der Waals surface area (Å²) >= 11 is 4.26. The molecule has 1 saturated heterocycles. The maximum atomic E-state index is 10.0. The van der Waals surface area contributed by atoms with E-state index in [0.717, 1.165) is 25.8 Å². The van der Waals surface area contributed by atoms with Crippen LogP contribution in [0.5, 0.6) is 0 Å². The molecule has 1 N–H and O–H groups in total. The molecule has 0 aliphatic carbocycles. The van der Waals surface area contributed by atoms with E-state index in [-0.39, 0.29) is 0 Å². The lowest BCUT2D eigenvalue weighted by Crippen LogP contribution is -2.48. The molecule has 0 aromatic heterocycles. The summed E-state index contributed by atoms with van der Waals surface area (Å²) in [4.78, 5) is 0. The van der Waals surface area contributed by atoms with Crippen molar-refractivity contribution in [3.8, 4) is 0 Å². The second kappa shape index (κ2) is 3.99. The minimum Gasteiger partial charge on any atom is -0.389 e. The first kappa shape index (κ1) is 10.4. The minimum atomic E-state index is -0.532. The summed E-state index contributed by atoms with van der Waals surface area (Å²) < 4.78 is 1.91. The van der Waals surface area contributed by atoms with Crippen LogP contribution in [0.25, 0.3) is 0 Å². The molecule has 1 aliphatic heterocycles. The quantitative estimate of drug-likeness (QED) is 0.646. The first-order chi connectivity index (χ1) is 5.56. The minimum absolute atomic E-state index is 0.464. The zero-order valence-electron chi connectivity index (χ0n) is 7.95. The second-order valence-electron chi connectivity index (χ2n) is 4.02. The Hall–Kier alpha value is 0.270. The zero-order valence-corrected chi connectivity index (χ0v) is 8.85. The molecule has 0 aromatic rings. The van der Waals surface area contributed by atoms with Crippen LogP contribution in [0.2, 0.25) is 0 Å². The summed E-state index contributed by atoms with van der Waals surface area (Å²) in [6.45, 7) is 5.80. The molecule has 0 amide bonds. The topological polar surface area (TPSA) is 23.5 Å². The fraction of sp³-hybridized carbons (Fsp3) is 1.00. The average Bonchev–Trinajstić information content (AvgIpc) is 1.94. The molecule has 0 radical (unpaired) electrons. The molecule has 1 fully saturated rings. The smallest absolute Gasteiger partial charge is 0.0783 e. The van der Waals surface area contributed by atoms with E-state index in [1.54, 1.807) is 0 Å². The van der Waals surface area contributed by atoms with Crippen molar-refractivity contribution in [2.75, 3.05) is 13.1 Å². The Bertz CT molecular complexity index is 149. The summed E-state index contributed by atoms with van der Waals surface area (Å²) in [7, 11) is 0. The Morgan fingerprint density at radius 1 is 1.67 bits per heavy atom. The van der Waals surface area contributed by atoms with Gasteiger partial charge in [0, 0.05) is 13.1 Å². The predicted molar refractivity (Wildman–Crippen MR) is 54.2 cm³/mol. The van der Waals surface area contributed by atoms with Crippen molar-refractivity contribution in [3.05, 3.63) is 0 Å². The molecule has 2 nitrogen and oxygen atoms in total. The Kier molecular flexibility index (Phi) is 3.44. The molecule has 3 heteroatoms. The van der Waals surface area contributed by atoms with Gasteiger partial charge < -0.3 is 5.11 Å². The number of hydrogen-bond donors (Lipinski definition) is 2. The van der Waals surface area contributed by atoms with Crippen LogP contribution in [0.4, 0.5) is 0 Å². The summed E-state index contributed by atoms with van der Waals surface area (Å²) in [5, 5.41) is 10.0. The van der Waals surface area contributed by atoms with Gasteiger partial charge in [-0.05, 0) is 25.7 Å². The molecular formula is C9H19NOS.